The number of ether oxygens (including phenoxy) is 1. The lowest BCUT2D eigenvalue weighted by molar-refractivity contribution is -0.140. The van der Waals surface area contributed by atoms with E-state index in [1.807, 2.05) is 23.1 Å². The van der Waals surface area contributed by atoms with Crippen LogP contribution >= 0.6 is 0 Å². The standard InChI is InChI=1S/C22H29NO2/c1-15-18(13-17-14-19(15)22(17,2)3)20(16-7-5-4-6-8-16)21(24)23-9-11-25-12-10-23/h4-8,17-20H,1,9-14H2,2-3H3/t17-,18-,19-,20+/m0/s1. The van der Waals surface area contributed by atoms with E-state index in [1.54, 1.807) is 0 Å². The van der Waals surface area contributed by atoms with E-state index in [2.05, 4.69) is 32.6 Å². The quantitative estimate of drug-likeness (QED) is 0.783. The lowest BCUT2D eigenvalue weighted by atomic mass is 9.44. The van der Waals surface area contributed by atoms with Gasteiger partial charge in [-0.1, -0.05) is 56.3 Å². The molecule has 1 aromatic carbocycles. The monoisotopic (exact) mass is 339 g/mol. The van der Waals surface area contributed by atoms with Gasteiger partial charge >= 0.3 is 0 Å². The first-order valence-electron chi connectivity index (χ1n) is 9.60. The molecule has 3 saturated carbocycles. The van der Waals surface area contributed by atoms with Gasteiger partial charge in [0.15, 0.2) is 0 Å². The van der Waals surface area contributed by atoms with Crippen LogP contribution < -0.4 is 0 Å². The Morgan fingerprint density at radius 1 is 1.20 bits per heavy atom. The highest BCUT2D eigenvalue weighted by molar-refractivity contribution is 5.85. The van der Waals surface area contributed by atoms with Gasteiger partial charge in [0.25, 0.3) is 0 Å². The molecule has 5 rings (SSSR count). The summed E-state index contributed by atoms with van der Waals surface area (Å²) in [6, 6.07) is 10.3. The minimum Gasteiger partial charge on any atom is -0.378 e. The number of carbonyl (C=O) groups excluding carboxylic acids is 1. The van der Waals surface area contributed by atoms with E-state index in [4.69, 9.17) is 4.74 Å². The molecule has 0 unspecified atom stereocenters. The van der Waals surface area contributed by atoms with Gasteiger partial charge in [-0.05, 0) is 41.6 Å². The molecule has 1 heterocycles. The first kappa shape index (κ1) is 16.8. The molecule has 3 nitrogen and oxygen atoms in total. The molecule has 0 radical (unpaired) electrons. The van der Waals surface area contributed by atoms with Gasteiger partial charge in [0.1, 0.15) is 0 Å². The Balaban J connectivity index is 1.65. The summed E-state index contributed by atoms with van der Waals surface area (Å²) in [5.74, 6) is 1.74. The first-order valence-corrected chi connectivity index (χ1v) is 9.60. The van der Waals surface area contributed by atoms with Gasteiger partial charge in [-0.3, -0.25) is 4.79 Å². The van der Waals surface area contributed by atoms with Crippen LogP contribution in [0.4, 0.5) is 0 Å². The summed E-state index contributed by atoms with van der Waals surface area (Å²) in [6.07, 6.45) is 2.35. The largest absolute Gasteiger partial charge is 0.378 e. The molecule has 2 bridgehead atoms. The van der Waals surface area contributed by atoms with Crippen LogP contribution in [0.25, 0.3) is 0 Å². The van der Waals surface area contributed by atoms with Gasteiger partial charge < -0.3 is 9.64 Å². The maximum Gasteiger partial charge on any atom is 0.230 e. The van der Waals surface area contributed by atoms with Crippen LogP contribution in [0.3, 0.4) is 0 Å². The number of nitrogens with zero attached hydrogens (tertiary/aromatic N) is 1. The Morgan fingerprint density at radius 3 is 2.48 bits per heavy atom. The molecule has 4 aliphatic rings. The number of hydrogen-bond acceptors (Lipinski definition) is 2. The summed E-state index contributed by atoms with van der Waals surface area (Å²) < 4.78 is 5.44. The summed E-state index contributed by atoms with van der Waals surface area (Å²) in [5, 5.41) is 0. The highest BCUT2D eigenvalue weighted by Gasteiger charge is 2.56. The molecule has 0 N–H and O–H groups in total. The molecule has 1 aromatic rings. The second-order valence-corrected chi connectivity index (χ2v) is 8.55. The number of amides is 1. The van der Waals surface area contributed by atoms with Crippen molar-refractivity contribution in [3.63, 3.8) is 0 Å². The fourth-order valence-electron chi connectivity index (χ4n) is 5.30. The van der Waals surface area contributed by atoms with Crippen molar-refractivity contribution in [1.82, 2.24) is 4.90 Å². The van der Waals surface area contributed by atoms with Crippen LogP contribution in [-0.4, -0.2) is 37.1 Å². The predicted molar refractivity (Wildman–Crippen MR) is 99.2 cm³/mol. The highest BCUT2D eigenvalue weighted by Crippen LogP contribution is 2.64. The van der Waals surface area contributed by atoms with Gasteiger partial charge in [0.05, 0.1) is 19.1 Å². The third kappa shape index (κ3) is 2.73. The Kier molecular flexibility index (Phi) is 4.23. The molecular weight excluding hydrogens is 310 g/mol. The smallest absolute Gasteiger partial charge is 0.230 e. The van der Waals surface area contributed by atoms with Crippen LogP contribution in [0.2, 0.25) is 0 Å². The average molecular weight is 339 g/mol. The molecule has 1 amide bonds. The Hall–Kier alpha value is -1.61. The van der Waals surface area contributed by atoms with Crippen LogP contribution in [0, 0.1) is 23.2 Å². The lowest BCUT2D eigenvalue weighted by Crippen LogP contribution is -2.54. The Morgan fingerprint density at radius 2 is 1.88 bits per heavy atom. The van der Waals surface area contributed by atoms with Gasteiger partial charge in [0.2, 0.25) is 5.91 Å². The number of benzene rings is 1. The fraction of sp³-hybridized carbons (Fsp3) is 0.591. The third-order valence-electron chi connectivity index (χ3n) is 7.08. The number of allylic oxidation sites excluding steroid dienone is 1. The highest BCUT2D eigenvalue weighted by atomic mass is 16.5. The second kappa shape index (κ2) is 6.28. The molecule has 3 aliphatic carbocycles. The zero-order valence-electron chi connectivity index (χ0n) is 15.4. The maximum atomic E-state index is 13.5. The van der Waals surface area contributed by atoms with Crippen LogP contribution in [0.15, 0.2) is 42.5 Å². The van der Waals surface area contributed by atoms with Crippen molar-refractivity contribution in [2.75, 3.05) is 26.3 Å². The number of fused-ring (bicyclic) bond motifs is 2. The molecule has 1 aliphatic heterocycles. The summed E-state index contributed by atoms with van der Waals surface area (Å²) >= 11 is 0. The molecule has 4 fully saturated rings. The Labute approximate surface area is 151 Å². The number of hydrogen-bond donors (Lipinski definition) is 0. The Bertz CT molecular complexity index is 660. The van der Waals surface area contributed by atoms with Crippen LogP contribution in [-0.2, 0) is 9.53 Å². The predicted octanol–water partition coefficient (Wildman–Crippen LogP) is 3.87. The van der Waals surface area contributed by atoms with Crippen molar-refractivity contribution in [2.45, 2.75) is 32.6 Å². The van der Waals surface area contributed by atoms with E-state index in [9.17, 15) is 4.79 Å². The van der Waals surface area contributed by atoms with E-state index in [1.165, 1.54) is 12.0 Å². The van der Waals surface area contributed by atoms with Crippen molar-refractivity contribution in [3.05, 3.63) is 48.0 Å². The molecule has 4 atom stereocenters. The molecule has 134 valence electrons. The average Bonchev–Trinajstić information content (AvgIpc) is 2.64. The molecular formula is C22H29NO2. The molecule has 1 saturated heterocycles. The fourth-order valence-corrected chi connectivity index (χ4v) is 5.30. The first-order chi connectivity index (χ1) is 12.0. The van der Waals surface area contributed by atoms with E-state index in [-0.39, 0.29) is 17.7 Å². The van der Waals surface area contributed by atoms with E-state index in [0.29, 0.717) is 37.6 Å². The third-order valence-corrected chi connectivity index (χ3v) is 7.08. The van der Waals surface area contributed by atoms with Crippen molar-refractivity contribution in [2.24, 2.45) is 23.2 Å². The summed E-state index contributed by atoms with van der Waals surface area (Å²) in [6.45, 7) is 11.9. The van der Waals surface area contributed by atoms with Gasteiger partial charge in [-0.15, -0.1) is 0 Å². The number of morpholine rings is 1. The maximum absolute atomic E-state index is 13.5. The summed E-state index contributed by atoms with van der Waals surface area (Å²) in [7, 11) is 0. The lowest BCUT2D eigenvalue weighted by Gasteiger charge is -2.61. The van der Waals surface area contributed by atoms with Crippen molar-refractivity contribution >= 4 is 5.91 Å². The molecule has 25 heavy (non-hydrogen) atoms. The second-order valence-electron chi connectivity index (χ2n) is 8.55. The summed E-state index contributed by atoms with van der Waals surface area (Å²) in [4.78, 5) is 15.5. The normalized spacial score (nSPS) is 32.0. The van der Waals surface area contributed by atoms with Gasteiger partial charge in [-0.25, -0.2) is 0 Å². The minimum absolute atomic E-state index is 0.0896. The topological polar surface area (TPSA) is 29.5 Å². The minimum atomic E-state index is -0.0896. The van der Waals surface area contributed by atoms with E-state index in [0.717, 1.165) is 17.9 Å². The van der Waals surface area contributed by atoms with Crippen molar-refractivity contribution in [1.29, 1.82) is 0 Å². The van der Waals surface area contributed by atoms with Crippen LogP contribution in [0.1, 0.15) is 38.2 Å². The number of rotatable bonds is 3. The van der Waals surface area contributed by atoms with Gasteiger partial charge in [0, 0.05) is 13.1 Å². The zero-order chi connectivity index (χ0) is 17.6. The van der Waals surface area contributed by atoms with Crippen molar-refractivity contribution in [3.8, 4) is 0 Å². The SMILES string of the molecule is C=C1[C@@H]([C@H](C(=O)N2CCOCC2)c2ccccc2)C[C@H]2C[C@@H]1C2(C)C. The van der Waals surface area contributed by atoms with Crippen LogP contribution in [0.5, 0.6) is 0 Å². The van der Waals surface area contributed by atoms with E-state index < -0.39 is 0 Å². The van der Waals surface area contributed by atoms with E-state index >= 15 is 0 Å². The van der Waals surface area contributed by atoms with Gasteiger partial charge in [-0.2, -0.15) is 0 Å². The molecule has 0 spiro atoms. The van der Waals surface area contributed by atoms with Crippen molar-refractivity contribution < 1.29 is 9.53 Å². The summed E-state index contributed by atoms with van der Waals surface area (Å²) in [5.41, 5.74) is 2.81. The zero-order valence-corrected chi connectivity index (χ0v) is 15.4. The molecule has 3 heteroatoms. The number of carbonyl (C=O) groups is 1. The molecule has 0 aromatic heterocycles.